The maximum Gasteiger partial charge on any atom is 0.127 e. The van der Waals surface area contributed by atoms with Crippen LogP contribution in [0.2, 0.25) is 5.02 Å². The highest BCUT2D eigenvalue weighted by Gasteiger charge is 2.18. The molecule has 2 aromatic rings. The van der Waals surface area contributed by atoms with Gasteiger partial charge >= 0.3 is 0 Å². The van der Waals surface area contributed by atoms with Crippen molar-refractivity contribution < 1.29 is 4.39 Å². The van der Waals surface area contributed by atoms with Crippen molar-refractivity contribution in [2.75, 3.05) is 7.05 Å². The van der Waals surface area contributed by atoms with E-state index in [0.29, 0.717) is 17.0 Å². The lowest BCUT2D eigenvalue weighted by molar-refractivity contribution is 0.556. The van der Waals surface area contributed by atoms with Gasteiger partial charge in [0.15, 0.2) is 0 Å². The van der Waals surface area contributed by atoms with E-state index in [2.05, 4.69) is 14.9 Å². The first-order valence-corrected chi connectivity index (χ1v) is 7.23. The number of halogens is 2. The van der Waals surface area contributed by atoms with Gasteiger partial charge in [-0.3, -0.25) is 0 Å². The van der Waals surface area contributed by atoms with E-state index >= 15 is 0 Å². The molecule has 0 radical (unpaired) electrons. The van der Waals surface area contributed by atoms with E-state index in [0.717, 1.165) is 17.0 Å². The molecule has 6 heteroatoms. The minimum Gasteiger partial charge on any atom is -0.312 e. The molecule has 19 heavy (non-hydrogen) atoms. The molecule has 0 bridgehead atoms. The van der Waals surface area contributed by atoms with Crippen molar-refractivity contribution in [1.29, 1.82) is 0 Å². The van der Waals surface area contributed by atoms with Crippen molar-refractivity contribution in [3.05, 3.63) is 45.2 Å². The van der Waals surface area contributed by atoms with Crippen LogP contribution in [0.25, 0.3) is 0 Å². The molecule has 1 N–H and O–H groups in total. The van der Waals surface area contributed by atoms with Crippen LogP contribution in [0.1, 0.15) is 29.1 Å². The summed E-state index contributed by atoms with van der Waals surface area (Å²) in [6.45, 7) is 2.04. The number of likely N-dealkylation sites (N-methyl/N-ethyl adjacent to an activating group) is 1. The van der Waals surface area contributed by atoms with Crippen LogP contribution < -0.4 is 5.32 Å². The van der Waals surface area contributed by atoms with Gasteiger partial charge < -0.3 is 5.32 Å². The highest BCUT2D eigenvalue weighted by Crippen LogP contribution is 2.26. The SMILES string of the molecule is CCc1nnsc1C(Cc1ccc(Cl)cc1F)NC. The highest BCUT2D eigenvalue weighted by molar-refractivity contribution is 7.05. The molecular formula is C13H15ClFN3S. The van der Waals surface area contributed by atoms with Gasteiger partial charge in [0.1, 0.15) is 5.82 Å². The molecule has 0 amide bonds. The topological polar surface area (TPSA) is 37.8 Å². The standard InChI is InChI=1S/C13H15ClFN3S/c1-3-11-13(19-18-17-11)12(16-2)6-8-4-5-9(14)7-10(8)15/h4-5,7,12,16H,3,6H2,1-2H3. The molecule has 3 nitrogen and oxygen atoms in total. The third-order valence-corrected chi connectivity index (χ3v) is 4.14. The van der Waals surface area contributed by atoms with Gasteiger partial charge in [-0.2, -0.15) is 0 Å². The second-order valence-corrected chi connectivity index (χ2v) is 5.44. The molecule has 0 fully saturated rings. The van der Waals surface area contributed by atoms with E-state index in [4.69, 9.17) is 11.6 Å². The van der Waals surface area contributed by atoms with Crippen molar-refractivity contribution in [2.45, 2.75) is 25.8 Å². The Morgan fingerprint density at radius 3 is 2.89 bits per heavy atom. The maximum absolute atomic E-state index is 13.8. The number of hydrogen-bond acceptors (Lipinski definition) is 4. The zero-order valence-corrected chi connectivity index (χ0v) is 12.4. The molecular weight excluding hydrogens is 285 g/mol. The van der Waals surface area contributed by atoms with Crippen molar-refractivity contribution in [3.8, 4) is 0 Å². The first-order chi connectivity index (χ1) is 9.15. The predicted molar refractivity (Wildman–Crippen MR) is 76.2 cm³/mol. The monoisotopic (exact) mass is 299 g/mol. The Hall–Kier alpha value is -1.04. The van der Waals surface area contributed by atoms with Gasteiger partial charge in [-0.1, -0.05) is 29.1 Å². The second-order valence-electron chi connectivity index (χ2n) is 4.22. The minimum atomic E-state index is -0.275. The molecule has 2 rings (SSSR count). The van der Waals surface area contributed by atoms with Crippen LogP contribution in [0.3, 0.4) is 0 Å². The highest BCUT2D eigenvalue weighted by atomic mass is 35.5. The van der Waals surface area contributed by atoms with E-state index in [-0.39, 0.29) is 11.9 Å². The lowest BCUT2D eigenvalue weighted by Gasteiger charge is -2.15. The Morgan fingerprint density at radius 1 is 1.47 bits per heavy atom. The molecule has 0 saturated carbocycles. The summed E-state index contributed by atoms with van der Waals surface area (Å²) in [5, 5.41) is 7.71. The number of hydrogen-bond donors (Lipinski definition) is 1. The predicted octanol–water partition coefficient (Wildman–Crippen LogP) is 3.40. The molecule has 1 atom stereocenters. The van der Waals surface area contributed by atoms with E-state index in [1.807, 2.05) is 14.0 Å². The smallest absolute Gasteiger partial charge is 0.127 e. The Balaban J connectivity index is 2.24. The van der Waals surface area contributed by atoms with E-state index < -0.39 is 0 Å². The minimum absolute atomic E-state index is 0.0191. The fraction of sp³-hybridized carbons (Fsp3) is 0.385. The largest absolute Gasteiger partial charge is 0.312 e. The van der Waals surface area contributed by atoms with Gasteiger partial charge in [-0.15, -0.1) is 5.10 Å². The van der Waals surface area contributed by atoms with Crippen molar-refractivity contribution in [1.82, 2.24) is 14.9 Å². The van der Waals surface area contributed by atoms with Crippen molar-refractivity contribution in [3.63, 3.8) is 0 Å². The summed E-state index contributed by atoms with van der Waals surface area (Å²) in [7, 11) is 1.86. The van der Waals surface area contributed by atoms with Gasteiger partial charge in [0.2, 0.25) is 0 Å². The number of nitrogens with one attached hydrogen (secondary N) is 1. The zero-order valence-electron chi connectivity index (χ0n) is 10.8. The van der Waals surface area contributed by atoms with Crippen molar-refractivity contribution >= 4 is 23.1 Å². The molecule has 0 aliphatic rings. The summed E-state index contributed by atoms with van der Waals surface area (Å²) in [5.41, 5.74) is 1.61. The quantitative estimate of drug-likeness (QED) is 0.919. The zero-order chi connectivity index (χ0) is 13.8. The lowest BCUT2D eigenvalue weighted by Crippen LogP contribution is -2.19. The van der Waals surface area contributed by atoms with Crippen LogP contribution in [-0.4, -0.2) is 16.6 Å². The molecule has 1 aromatic heterocycles. The third kappa shape index (κ3) is 3.29. The first kappa shape index (κ1) is 14.4. The average molecular weight is 300 g/mol. The maximum atomic E-state index is 13.8. The molecule has 0 aliphatic heterocycles. The third-order valence-electron chi connectivity index (χ3n) is 3.02. The Kier molecular flexibility index (Phi) is 4.85. The van der Waals surface area contributed by atoms with Gasteiger partial charge in [-0.05, 0) is 49.1 Å². The van der Waals surface area contributed by atoms with Gasteiger partial charge in [0, 0.05) is 11.1 Å². The summed E-state index contributed by atoms with van der Waals surface area (Å²) < 4.78 is 17.8. The van der Waals surface area contributed by atoms with Crippen molar-refractivity contribution in [2.24, 2.45) is 0 Å². The summed E-state index contributed by atoms with van der Waals surface area (Å²) in [6.07, 6.45) is 1.38. The molecule has 1 unspecified atom stereocenters. The van der Waals surface area contributed by atoms with Crippen LogP contribution >= 0.6 is 23.1 Å². The Bertz CT molecular complexity index is 559. The first-order valence-electron chi connectivity index (χ1n) is 6.08. The summed E-state index contributed by atoms with van der Waals surface area (Å²) in [5.74, 6) is -0.275. The van der Waals surface area contributed by atoms with E-state index in [1.165, 1.54) is 17.6 Å². The van der Waals surface area contributed by atoms with Crippen LogP contribution in [-0.2, 0) is 12.8 Å². The Labute approximate surface area is 121 Å². The van der Waals surface area contributed by atoms with Crippen LogP contribution in [0, 0.1) is 5.82 Å². The summed E-state index contributed by atoms with van der Waals surface area (Å²) in [4.78, 5) is 1.07. The fourth-order valence-electron chi connectivity index (χ4n) is 1.96. The Morgan fingerprint density at radius 2 is 2.26 bits per heavy atom. The van der Waals surface area contributed by atoms with Gasteiger partial charge in [0.05, 0.1) is 10.6 Å². The van der Waals surface area contributed by atoms with E-state index in [1.54, 1.807) is 12.1 Å². The van der Waals surface area contributed by atoms with Crippen LogP contribution in [0.5, 0.6) is 0 Å². The summed E-state index contributed by atoms with van der Waals surface area (Å²) >= 11 is 7.12. The fourth-order valence-corrected chi connectivity index (χ4v) is 2.96. The van der Waals surface area contributed by atoms with Gasteiger partial charge in [-0.25, -0.2) is 4.39 Å². The number of rotatable bonds is 5. The number of aryl methyl sites for hydroxylation is 1. The molecule has 102 valence electrons. The molecule has 0 aliphatic carbocycles. The van der Waals surface area contributed by atoms with E-state index in [9.17, 15) is 4.39 Å². The number of nitrogens with zero attached hydrogens (tertiary/aromatic N) is 2. The summed E-state index contributed by atoms with van der Waals surface area (Å²) in [6, 6.07) is 4.79. The number of benzene rings is 1. The molecule has 0 saturated heterocycles. The van der Waals surface area contributed by atoms with Crippen LogP contribution in [0.15, 0.2) is 18.2 Å². The molecule has 1 aromatic carbocycles. The molecule has 0 spiro atoms. The lowest BCUT2D eigenvalue weighted by atomic mass is 10.0. The number of aromatic nitrogens is 2. The van der Waals surface area contributed by atoms with Gasteiger partial charge in [0.25, 0.3) is 0 Å². The normalized spacial score (nSPS) is 12.6. The van der Waals surface area contributed by atoms with Crippen LogP contribution in [0.4, 0.5) is 4.39 Å². The second kappa shape index (κ2) is 6.41. The average Bonchev–Trinajstić information content (AvgIpc) is 2.86. The molecule has 1 heterocycles.